The van der Waals surface area contributed by atoms with E-state index in [1.807, 2.05) is 0 Å². The first kappa shape index (κ1) is 17.8. The summed E-state index contributed by atoms with van der Waals surface area (Å²) in [6.07, 6.45) is 3.67. The zero-order chi connectivity index (χ0) is 17.9. The van der Waals surface area contributed by atoms with Crippen LogP contribution in [-0.4, -0.2) is 44.5 Å². The fourth-order valence-electron chi connectivity index (χ4n) is 2.78. The number of sulfonamides is 2. The van der Waals surface area contributed by atoms with Crippen LogP contribution >= 0.6 is 0 Å². The van der Waals surface area contributed by atoms with Crippen LogP contribution in [0.15, 0.2) is 59.8 Å². The van der Waals surface area contributed by atoms with E-state index in [9.17, 15) is 16.8 Å². The summed E-state index contributed by atoms with van der Waals surface area (Å²) < 4.78 is 54.4. The van der Waals surface area contributed by atoms with E-state index in [-0.39, 0.29) is 11.4 Å². The molecule has 2 heterocycles. The number of anilines is 1. The molecule has 1 aliphatic heterocycles. The third-order valence-electron chi connectivity index (χ3n) is 4.09. The molecule has 134 valence electrons. The summed E-state index contributed by atoms with van der Waals surface area (Å²) in [7, 11) is -7.43. The molecule has 1 atom stereocenters. The smallest absolute Gasteiger partial charge is 0.244 e. The zero-order valence-electron chi connectivity index (χ0n) is 13.4. The molecule has 25 heavy (non-hydrogen) atoms. The van der Waals surface area contributed by atoms with Crippen molar-refractivity contribution in [1.29, 1.82) is 0 Å². The van der Waals surface area contributed by atoms with Crippen molar-refractivity contribution in [3.05, 3.63) is 54.9 Å². The highest BCUT2D eigenvalue weighted by Crippen LogP contribution is 2.24. The lowest BCUT2D eigenvalue weighted by molar-refractivity contribution is 0.346. The van der Waals surface area contributed by atoms with Gasteiger partial charge in [0.1, 0.15) is 4.90 Å². The van der Waals surface area contributed by atoms with E-state index in [2.05, 4.69) is 9.71 Å². The van der Waals surface area contributed by atoms with Gasteiger partial charge in [-0.25, -0.2) is 16.8 Å². The van der Waals surface area contributed by atoms with Crippen molar-refractivity contribution in [1.82, 2.24) is 9.29 Å². The van der Waals surface area contributed by atoms with Crippen molar-refractivity contribution >= 4 is 25.7 Å². The van der Waals surface area contributed by atoms with Crippen molar-refractivity contribution in [2.45, 2.75) is 23.0 Å². The largest absolute Gasteiger partial charge is 0.283 e. The summed E-state index contributed by atoms with van der Waals surface area (Å²) in [6, 6.07) is 11.6. The average molecular weight is 381 g/mol. The number of para-hydroxylation sites is 1. The summed E-state index contributed by atoms with van der Waals surface area (Å²) in [6.45, 7) is 0.230. The normalized spacial score (nSPS) is 19.4. The maximum Gasteiger partial charge on any atom is 0.244 e. The van der Waals surface area contributed by atoms with E-state index in [1.54, 1.807) is 36.4 Å². The second kappa shape index (κ2) is 7.11. The first-order valence-corrected chi connectivity index (χ1v) is 10.8. The molecule has 0 radical (unpaired) electrons. The molecule has 1 saturated heterocycles. The van der Waals surface area contributed by atoms with Gasteiger partial charge in [0.2, 0.25) is 20.0 Å². The molecule has 0 aliphatic carbocycles. The SMILES string of the molecule is O=S(=O)(Nc1ccccc1)C1CCCN(S(=O)(=O)c2cccnc2)C1. The number of hydrogen-bond acceptors (Lipinski definition) is 5. The Hall–Kier alpha value is -1.97. The first-order valence-electron chi connectivity index (χ1n) is 7.86. The van der Waals surface area contributed by atoms with Crippen LogP contribution < -0.4 is 4.72 Å². The van der Waals surface area contributed by atoms with Gasteiger partial charge in [-0.1, -0.05) is 18.2 Å². The zero-order valence-corrected chi connectivity index (χ0v) is 15.1. The molecule has 3 rings (SSSR count). The Morgan fingerprint density at radius 3 is 2.48 bits per heavy atom. The minimum Gasteiger partial charge on any atom is -0.283 e. The van der Waals surface area contributed by atoms with Gasteiger partial charge in [-0.15, -0.1) is 0 Å². The Bertz CT molecular complexity index is 916. The Labute approximate surface area is 147 Å². The average Bonchev–Trinajstić information content (AvgIpc) is 2.63. The van der Waals surface area contributed by atoms with Crippen LogP contribution in [0.25, 0.3) is 0 Å². The number of rotatable bonds is 5. The number of pyridine rings is 1. The lowest BCUT2D eigenvalue weighted by Gasteiger charge is -2.31. The van der Waals surface area contributed by atoms with E-state index in [0.717, 1.165) is 0 Å². The van der Waals surface area contributed by atoms with E-state index < -0.39 is 25.3 Å². The Kier molecular flexibility index (Phi) is 5.07. The fourth-order valence-corrected chi connectivity index (χ4v) is 5.85. The molecule has 2 aromatic rings. The molecule has 1 unspecified atom stereocenters. The number of benzene rings is 1. The molecule has 1 aliphatic rings. The number of aromatic nitrogens is 1. The van der Waals surface area contributed by atoms with Gasteiger partial charge in [-0.05, 0) is 37.1 Å². The molecular weight excluding hydrogens is 362 g/mol. The van der Waals surface area contributed by atoms with E-state index >= 15 is 0 Å². The Morgan fingerprint density at radius 2 is 1.80 bits per heavy atom. The highest BCUT2D eigenvalue weighted by atomic mass is 32.2. The van der Waals surface area contributed by atoms with Crippen molar-refractivity contribution in [2.24, 2.45) is 0 Å². The molecule has 1 N–H and O–H groups in total. The van der Waals surface area contributed by atoms with E-state index in [1.165, 1.54) is 22.8 Å². The van der Waals surface area contributed by atoms with Gasteiger partial charge in [-0.2, -0.15) is 4.31 Å². The van der Waals surface area contributed by atoms with Gasteiger partial charge in [0, 0.05) is 31.2 Å². The first-order chi connectivity index (χ1) is 11.9. The van der Waals surface area contributed by atoms with Crippen molar-refractivity contribution in [3.63, 3.8) is 0 Å². The van der Waals surface area contributed by atoms with Crippen molar-refractivity contribution < 1.29 is 16.8 Å². The quantitative estimate of drug-likeness (QED) is 0.850. The standard InChI is InChI=1S/C16H19N3O4S2/c20-24(21,18-14-6-2-1-3-7-14)16-9-5-11-19(13-16)25(22,23)15-8-4-10-17-12-15/h1-4,6-8,10,12,16,18H,5,9,11,13H2. The Morgan fingerprint density at radius 1 is 1.04 bits per heavy atom. The molecule has 0 spiro atoms. The van der Waals surface area contributed by atoms with Gasteiger partial charge in [0.25, 0.3) is 0 Å². The molecule has 1 aromatic carbocycles. The minimum absolute atomic E-state index is 0.0700. The van der Waals surface area contributed by atoms with Crippen LogP contribution in [0.5, 0.6) is 0 Å². The van der Waals surface area contributed by atoms with E-state index in [4.69, 9.17) is 0 Å². The van der Waals surface area contributed by atoms with E-state index in [0.29, 0.717) is 25.1 Å². The maximum atomic E-state index is 12.7. The summed E-state index contributed by atoms with van der Waals surface area (Å²) >= 11 is 0. The summed E-state index contributed by atoms with van der Waals surface area (Å²) in [4.78, 5) is 3.91. The lowest BCUT2D eigenvalue weighted by Crippen LogP contribution is -2.46. The third-order valence-corrected chi connectivity index (χ3v) is 7.72. The second-order valence-electron chi connectivity index (χ2n) is 5.83. The molecule has 1 fully saturated rings. The summed E-state index contributed by atoms with van der Waals surface area (Å²) in [5.41, 5.74) is 0.467. The highest BCUT2D eigenvalue weighted by Gasteiger charge is 2.36. The molecule has 7 nitrogen and oxygen atoms in total. The molecule has 1 aromatic heterocycles. The van der Waals surface area contributed by atoms with Gasteiger partial charge in [0.15, 0.2) is 0 Å². The maximum absolute atomic E-state index is 12.7. The van der Waals surface area contributed by atoms with Gasteiger partial charge < -0.3 is 0 Å². The highest BCUT2D eigenvalue weighted by molar-refractivity contribution is 7.93. The fraction of sp³-hybridized carbons (Fsp3) is 0.312. The van der Waals surface area contributed by atoms with Crippen molar-refractivity contribution in [2.75, 3.05) is 17.8 Å². The molecule has 0 bridgehead atoms. The van der Waals surface area contributed by atoms with Crippen LogP contribution in [0.1, 0.15) is 12.8 Å². The summed E-state index contributed by atoms with van der Waals surface area (Å²) in [5, 5.41) is -0.798. The third kappa shape index (κ3) is 4.00. The van der Waals surface area contributed by atoms with Crippen LogP contribution in [-0.2, 0) is 20.0 Å². The second-order valence-corrected chi connectivity index (χ2v) is 9.73. The predicted octanol–water partition coefficient (Wildman–Crippen LogP) is 1.68. The number of nitrogens with one attached hydrogen (secondary N) is 1. The topological polar surface area (TPSA) is 96.4 Å². The number of nitrogens with zero attached hydrogens (tertiary/aromatic N) is 2. The van der Waals surface area contributed by atoms with Crippen molar-refractivity contribution in [3.8, 4) is 0 Å². The van der Waals surface area contributed by atoms with Crippen LogP contribution in [0.3, 0.4) is 0 Å². The molecule has 9 heteroatoms. The number of hydrogen-bond donors (Lipinski definition) is 1. The van der Waals surface area contributed by atoms with Gasteiger partial charge >= 0.3 is 0 Å². The monoisotopic (exact) mass is 381 g/mol. The Balaban J connectivity index is 1.79. The minimum atomic E-state index is -3.75. The van der Waals surface area contributed by atoms with Gasteiger partial charge in [0.05, 0.1) is 5.25 Å². The summed E-state index contributed by atoms with van der Waals surface area (Å²) in [5.74, 6) is 0. The molecule has 0 amide bonds. The molecular formula is C16H19N3O4S2. The molecule has 0 saturated carbocycles. The van der Waals surface area contributed by atoms with Crippen LogP contribution in [0.2, 0.25) is 0 Å². The van der Waals surface area contributed by atoms with Crippen LogP contribution in [0.4, 0.5) is 5.69 Å². The number of piperidine rings is 1. The van der Waals surface area contributed by atoms with Crippen LogP contribution in [0, 0.1) is 0 Å². The van der Waals surface area contributed by atoms with Gasteiger partial charge in [-0.3, -0.25) is 9.71 Å². The lowest BCUT2D eigenvalue weighted by atomic mass is 10.2. The predicted molar refractivity (Wildman–Crippen MR) is 95.0 cm³/mol.